The predicted octanol–water partition coefficient (Wildman–Crippen LogP) is 1.26. The van der Waals surface area contributed by atoms with Gasteiger partial charge in [-0.2, -0.15) is 0 Å². The van der Waals surface area contributed by atoms with E-state index >= 15 is 0 Å². The molecule has 0 spiro atoms. The number of hydrogen-bond donors (Lipinski definition) is 2. The average molecular weight is 207 g/mol. The fourth-order valence-electron chi connectivity index (χ4n) is 1.55. The summed E-state index contributed by atoms with van der Waals surface area (Å²) in [7, 11) is 0. The van der Waals surface area contributed by atoms with E-state index < -0.39 is 11.5 Å². The van der Waals surface area contributed by atoms with Gasteiger partial charge in [0.15, 0.2) is 5.54 Å². The van der Waals surface area contributed by atoms with Crippen LogP contribution in [0.1, 0.15) is 5.56 Å². The van der Waals surface area contributed by atoms with Crippen LogP contribution in [-0.2, 0) is 9.53 Å². The van der Waals surface area contributed by atoms with Crippen LogP contribution < -0.4 is 5.32 Å². The average Bonchev–Trinajstić information content (AvgIpc) is 2.11. The van der Waals surface area contributed by atoms with E-state index in [0.717, 1.165) is 11.3 Å². The minimum Gasteiger partial charge on any atom is -0.479 e. The van der Waals surface area contributed by atoms with Crippen molar-refractivity contribution < 1.29 is 14.6 Å². The quantitative estimate of drug-likeness (QED) is 0.783. The zero-order valence-electron chi connectivity index (χ0n) is 8.49. The third-order valence-electron chi connectivity index (χ3n) is 2.51. The highest BCUT2D eigenvalue weighted by Crippen LogP contribution is 2.24. The van der Waals surface area contributed by atoms with E-state index in [1.54, 1.807) is 0 Å². The molecular formula is C11H13NO3. The Morgan fingerprint density at radius 1 is 1.53 bits per heavy atom. The van der Waals surface area contributed by atoms with E-state index in [-0.39, 0.29) is 13.2 Å². The number of nitrogens with one attached hydrogen (secondary N) is 1. The third kappa shape index (κ3) is 1.80. The van der Waals surface area contributed by atoms with Gasteiger partial charge in [0.2, 0.25) is 0 Å². The maximum absolute atomic E-state index is 11.1. The summed E-state index contributed by atoms with van der Waals surface area (Å²) >= 11 is 0. The van der Waals surface area contributed by atoms with Crippen LogP contribution in [0.5, 0.6) is 0 Å². The van der Waals surface area contributed by atoms with E-state index in [9.17, 15) is 4.79 Å². The second-order valence-corrected chi connectivity index (χ2v) is 3.87. The molecule has 1 aliphatic heterocycles. The van der Waals surface area contributed by atoms with Gasteiger partial charge in [0.1, 0.15) is 0 Å². The van der Waals surface area contributed by atoms with Crippen LogP contribution in [0.3, 0.4) is 0 Å². The molecule has 2 N–H and O–H groups in total. The number of ether oxygens (including phenoxy) is 1. The largest absolute Gasteiger partial charge is 0.479 e. The van der Waals surface area contributed by atoms with Crippen LogP contribution in [0.15, 0.2) is 24.3 Å². The minimum atomic E-state index is -0.937. The van der Waals surface area contributed by atoms with Gasteiger partial charge in [0, 0.05) is 5.69 Å². The summed E-state index contributed by atoms with van der Waals surface area (Å²) in [4.78, 5) is 11.1. The summed E-state index contributed by atoms with van der Waals surface area (Å²) in [5.74, 6) is -0.866. The van der Waals surface area contributed by atoms with Crippen molar-refractivity contribution in [2.45, 2.75) is 12.5 Å². The highest BCUT2D eigenvalue weighted by molar-refractivity contribution is 5.84. The molecule has 0 unspecified atom stereocenters. The molecule has 2 rings (SSSR count). The Morgan fingerprint density at radius 3 is 2.73 bits per heavy atom. The molecule has 1 aromatic carbocycles. The molecule has 1 fully saturated rings. The summed E-state index contributed by atoms with van der Waals surface area (Å²) in [6.45, 7) is 2.41. The Bertz CT molecular complexity index is 385. The van der Waals surface area contributed by atoms with Crippen molar-refractivity contribution in [1.82, 2.24) is 0 Å². The molecule has 4 heteroatoms. The maximum Gasteiger partial charge on any atom is 0.334 e. The van der Waals surface area contributed by atoms with E-state index in [4.69, 9.17) is 9.84 Å². The molecule has 0 radical (unpaired) electrons. The molecular weight excluding hydrogens is 194 g/mol. The normalized spacial score (nSPS) is 17.9. The Hall–Kier alpha value is -1.55. The number of aliphatic carboxylic acids is 1. The van der Waals surface area contributed by atoms with Gasteiger partial charge in [-0.05, 0) is 24.6 Å². The summed E-state index contributed by atoms with van der Waals surface area (Å²) in [6, 6.07) is 7.64. The number of anilines is 1. The number of benzene rings is 1. The molecule has 15 heavy (non-hydrogen) atoms. The smallest absolute Gasteiger partial charge is 0.334 e. The lowest BCUT2D eigenvalue weighted by atomic mass is 9.97. The second kappa shape index (κ2) is 3.55. The van der Waals surface area contributed by atoms with Gasteiger partial charge in [-0.15, -0.1) is 0 Å². The Labute approximate surface area is 87.9 Å². The van der Waals surface area contributed by atoms with Crippen molar-refractivity contribution in [3.63, 3.8) is 0 Å². The number of carboxylic acids is 1. The molecule has 0 saturated carbocycles. The van der Waals surface area contributed by atoms with Crippen molar-refractivity contribution in [2.24, 2.45) is 0 Å². The van der Waals surface area contributed by atoms with E-state index in [2.05, 4.69) is 5.32 Å². The van der Waals surface area contributed by atoms with Crippen molar-refractivity contribution in [1.29, 1.82) is 0 Å². The van der Waals surface area contributed by atoms with Gasteiger partial charge in [-0.3, -0.25) is 0 Å². The van der Waals surface area contributed by atoms with E-state index in [1.807, 2.05) is 31.2 Å². The summed E-state index contributed by atoms with van der Waals surface area (Å²) < 4.78 is 4.96. The lowest BCUT2D eigenvalue weighted by molar-refractivity contribution is -0.158. The first kappa shape index (κ1) is 9.98. The number of rotatable bonds is 3. The van der Waals surface area contributed by atoms with Gasteiger partial charge in [-0.25, -0.2) is 4.79 Å². The summed E-state index contributed by atoms with van der Waals surface area (Å²) in [5, 5.41) is 12.1. The fraction of sp³-hybridized carbons (Fsp3) is 0.364. The minimum absolute atomic E-state index is 0.219. The topological polar surface area (TPSA) is 58.6 Å². The number of carboxylic acid groups (broad SMARTS) is 1. The summed E-state index contributed by atoms with van der Waals surface area (Å²) in [5.41, 5.74) is 0.981. The molecule has 1 saturated heterocycles. The van der Waals surface area contributed by atoms with Crippen molar-refractivity contribution in [3.8, 4) is 0 Å². The van der Waals surface area contributed by atoms with Crippen molar-refractivity contribution in [3.05, 3.63) is 29.8 Å². The number of hydrogen-bond acceptors (Lipinski definition) is 3. The molecule has 1 aliphatic rings. The molecule has 0 amide bonds. The first-order valence-corrected chi connectivity index (χ1v) is 4.78. The summed E-state index contributed by atoms with van der Waals surface area (Å²) in [6.07, 6.45) is 0. The first-order chi connectivity index (χ1) is 7.12. The third-order valence-corrected chi connectivity index (χ3v) is 2.51. The van der Waals surface area contributed by atoms with Crippen LogP contribution in [0.4, 0.5) is 5.69 Å². The maximum atomic E-state index is 11.1. The Kier molecular flexibility index (Phi) is 2.36. The van der Waals surface area contributed by atoms with Crippen LogP contribution in [0.25, 0.3) is 0 Å². The molecule has 0 aromatic heterocycles. The SMILES string of the molecule is Cc1cccc(NC2(C(=O)O)COC2)c1. The van der Waals surface area contributed by atoms with E-state index in [0.29, 0.717) is 0 Å². The lowest BCUT2D eigenvalue weighted by Crippen LogP contribution is -2.61. The van der Waals surface area contributed by atoms with Gasteiger partial charge in [-0.1, -0.05) is 12.1 Å². The second-order valence-electron chi connectivity index (χ2n) is 3.87. The molecule has 0 atom stereocenters. The molecule has 4 nitrogen and oxygen atoms in total. The number of carbonyl (C=O) groups is 1. The van der Waals surface area contributed by atoms with E-state index in [1.165, 1.54) is 0 Å². The number of aryl methyl sites for hydroxylation is 1. The van der Waals surface area contributed by atoms with Gasteiger partial charge < -0.3 is 15.2 Å². The van der Waals surface area contributed by atoms with Gasteiger partial charge in [0.05, 0.1) is 13.2 Å². The Balaban J connectivity index is 2.17. The zero-order valence-corrected chi connectivity index (χ0v) is 8.49. The highest BCUT2D eigenvalue weighted by atomic mass is 16.5. The molecule has 1 aromatic rings. The van der Waals surface area contributed by atoms with Crippen LogP contribution in [0, 0.1) is 6.92 Å². The van der Waals surface area contributed by atoms with Gasteiger partial charge in [0.25, 0.3) is 0 Å². The zero-order chi connectivity index (χ0) is 10.9. The van der Waals surface area contributed by atoms with Crippen LogP contribution in [0.2, 0.25) is 0 Å². The standard InChI is InChI=1S/C11H13NO3/c1-8-3-2-4-9(5-8)12-11(10(13)14)6-15-7-11/h2-5,12H,6-7H2,1H3,(H,13,14). The molecule has 1 heterocycles. The first-order valence-electron chi connectivity index (χ1n) is 4.78. The van der Waals surface area contributed by atoms with Crippen molar-refractivity contribution >= 4 is 11.7 Å². The predicted molar refractivity (Wildman–Crippen MR) is 56.0 cm³/mol. The monoisotopic (exact) mass is 207 g/mol. The molecule has 80 valence electrons. The van der Waals surface area contributed by atoms with Gasteiger partial charge >= 0.3 is 5.97 Å². The Morgan fingerprint density at radius 2 is 2.27 bits per heavy atom. The molecule has 0 aliphatic carbocycles. The highest BCUT2D eigenvalue weighted by Gasteiger charge is 2.46. The van der Waals surface area contributed by atoms with Crippen molar-refractivity contribution in [2.75, 3.05) is 18.5 Å². The fourth-order valence-corrected chi connectivity index (χ4v) is 1.55. The molecule has 0 bridgehead atoms. The van der Waals surface area contributed by atoms with Crippen LogP contribution in [-0.4, -0.2) is 29.8 Å². The lowest BCUT2D eigenvalue weighted by Gasteiger charge is -2.38. The van der Waals surface area contributed by atoms with Crippen LogP contribution >= 0.6 is 0 Å².